The Kier molecular flexibility index (Phi) is 6.48. The summed E-state index contributed by atoms with van der Waals surface area (Å²) in [7, 11) is 3.75. The van der Waals surface area contributed by atoms with E-state index in [2.05, 4.69) is 15.6 Å². The molecular weight excluding hydrogens is 385 g/mol. The summed E-state index contributed by atoms with van der Waals surface area (Å²) in [5, 5.41) is 6.01. The van der Waals surface area contributed by atoms with Gasteiger partial charge in [0, 0.05) is 42.5 Å². The Morgan fingerprint density at radius 1 is 1.38 bits per heavy atom. The van der Waals surface area contributed by atoms with Crippen LogP contribution in [0.2, 0.25) is 0 Å². The van der Waals surface area contributed by atoms with Crippen LogP contribution in [0.4, 0.5) is 23.7 Å². The zero-order chi connectivity index (χ0) is 21.2. The van der Waals surface area contributed by atoms with Crippen molar-refractivity contribution in [2.45, 2.75) is 44.2 Å². The molecule has 2 aliphatic rings. The molecule has 9 heteroatoms. The van der Waals surface area contributed by atoms with Gasteiger partial charge < -0.3 is 20.3 Å². The molecule has 1 fully saturated rings. The van der Waals surface area contributed by atoms with Gasteiger partial charge in [0.2, 0.25) is 0 Å². The van der Waals surface area contributed by atoms with Gasteiger partial charge >= 0.3 is 12.2 Å². The summed E-state index contributed by atoms with van der Waals surface area (Å²) < 4.78 is 45.7. The molecule has 4 unspecified atom stereocenters. The Morgan fingerprint density at radius 3 is 2.83 bits per heavy atom. The van der Waals surface area contributed by atoms with Crippen LogP contribution in [0.1, 0.15) is 37.0 Å². The molecule has 0 bridgehead atoms. The predicted octanol–water partition coefficient (Wildman–Crippen LogP) is 3.70. The van der Waals surface area contributed by atoms with Gasteiger partial charge in [-0.05, 0) is 52.1 Å². The van der Waals surface area contributed by atoms with Gasteiger partial charge in [-0.25, -0.2) is 9.79 Å². The van der Waals surface area contributed by atoms with Gasteiger partial charge in [0.1, 0.15) is 0 Å². The van der Waals surface area contributed by atoms with E-state index >= 15 is 0 Å². The number of nitrogens with one attached hydrogen (secondary N) is 2. The molecule has 2 amide bonds. The van der Waals surface area contributed by atoms with Crippen LogP contribution in [0.15, 0.2) is 23.2 Å². The number of urea groups is 1. The van der Waals surface area contributed by atoms with Crippen LogP contribution in [-0.4, -0.2) is 56.5 Å². The van der Waals surface area contributed by atoms with E-state index in [1.54, 1.807) is 0 Å². The maximum atomic E-state index is 13.2. The van der Waals surface area contributed by atoms with Crippen LogP contribution in [0.3, 0.4) is 0 Å². The first kappa shape index (κ1) is 21.6. The summed E-state index contributed by atoms with van der Waals surface area (Å²) in [6.45, 7) is 2.85. The number of anilines is 1. The molecule has 1 aromatic rings. The number of hydrogen-bond donors (Lipinski definition) is 2. The van der Waals surface area contributed by atoms with Gasteiger partial charge in [-0.15, -0.1) is 0 Å². The van der Waals surface area contributed by atoms with E-state index in [0.717, 1.165) is 18.9 Å². The lowest BCUT2D eigenvalue weighted by molar-refractivity contribution is -0.138. The van der Waals surface area contributed by atoms with Crippen molar-refractivity contribution < 1.29 is 22.7 Å². The van der Waals surface area contributed by atoms with Crippen molar-refractivity contribution in [3.05, 3.63) is 29.3 Å². The number of nitrogens with zero attached hydrogens (tertiary/aromatic N) is 2. The lowest BCUT2D eigenvalue weighted by Crippen LogP contribution is -2.44. The molecule has 0 aromatic heterocycles. The van der Waals surface area contributed by atoms with Crippen molar-refractivity contribution in [3.8, 4) is 0 Å². The second kappa shape index (κ2) is 8.71. The Bertz CT molecular complexity index is 767. The zero-order valence-electron chi connectivity index (χ0n) is 16.8. The fourth-order valence-electron chi connectivity index (χ4n) is 3.86. The zero-order valence-corrected chi connectivity index (χ0v) is 16.8. The molecular formula is C20H27F3N4O2. The van der Waals surface area contributed by atoms with Crippen molar-refractivity contribution in [3.63, 3.8) is 0 Å². The molecule has 3 rings (SSSR count). The van der Waals surface area contributed by atoms with E-state index in [0.29, 0.717) is 17.8 Å². The highest BCUT2D eigenvalue weighted by molar-refractivity contribution is 5.84. The minimum absolute atomic E-state index is 0.0797. The topological polar surface area (TPSA) is 66.0 Å². The smallest absolute Gasteiger partial charge is 0.382 e. The number of halogens is 3. The third-order valence-corrected chi connectivity index (χ3v) is 5.40. The van der Waals surface area contributed by atoms with Crippen molar-refractivity contribution in [2.24, 2.45) is 10.9 Å². The number of rotatable bonds is 4. The first-order valence-corrected chi connectivity index (χ1v) is 9.73. The number of benzene rings is 1. The number of aliphatic imine (C=N–C) groups is 1. The van der Waals surface area contributed by atoms with Gasteiger partial charge in [0.05, 0.1) is 17.8 Å². The largest absolute Gasteiger partial charge is 0.416 e. The second-order valence-electron chi connectivity index (χ2n) is 7.91. The molecule has 0 saturated carbocycles. The molecule has 2 heterocycles. The van der Waals surface area contributed by atoms with Crippen molar-refractivity contribution >= 4 is 17.9 Å². The van der Waals surface area contributed by atoms with Crippen molar-refractivity contribution in [1.29, 1.82) is 0 Å². The summed E-state index contributed by atoms with van der Waals surface area (Å²) >= 11 is 0. The first-order chi connectivity index (χ1) is 13.6. The maximum Gasteiger partial charge on any atom is 0.416 e. The molecule has 4 atom stereocenters. The summed E-state index contributed by atoms with van der Waals surface area (Å²) in [6, 6.07) is 3.38. The van der Waals surface area contributed by atoms with Crippen molar-refractivity contribution in [1.82, 2.24) is 10.2 Å². The van der Waals surface area contributed by atoms with Gasteiger partial charge in [-0.1, -0.05) is 0 Å². The molecule has 2 aliphatic heterocycles. The number of carbonyl (C=O) groups is 1. The normalized spacial score (nSPS) is 26.7. The molecule has 0 spiro atoms. The second-order valence-corrected chi connectivity index (χ2v) is 7.91. The Labute approximate surface area is 168 Å². The van der Waals surface area contributed by atoms with Gasteiger partial charge in [0.25, 0.3) is 0 Å². The molecule has 160 valence electrons. The fraction of sp³-hybridized carbons (Fsp3) is 0.600. The van der Waals surface area contributed by atoms with Crippen LogP contribution in [0.5, 0.6) is 0 Å². The highest BCUT2D eigenvalue weighted by atomic mass is 19.4. The number of ether oxygens (including phenoxy) is 1. The van der Waals surface area contributed by atoms with Crippen LogP contribution < -0.4 is 10.6 Å². The molecule has 0 radical (unpaired) electrons. The van der Waals surface area contributed by atoms with E-state index in [9.17, 15) is 18.0 Å². The third kappa shape index (κ3) is 5.27. The van der Waals surface area contributed by atoms with Gasteiger partial charge in [-0.2, -0.15) is 13.2 Å². The highest BCUT2D eigenvalue weighted by Crippen LogP contribution is 2.46. The van der Waals surface area contributed by atoms with E-state index in [4.69, 9.17) is 4.74 Å². The summed E-state index contributed by atoms with van der Waals surface area (Å²) in [5.41, 5.74) is 0.522. The summed E-state index contributed by atoms with van der Waals surface area (Å²) in [5.74, 6) is 0.0797. The predicted molar refractivity (Wildman–Crippen MR) is 105 cm³/mol. The average Bonchev–Trinajstić information content (AvgIpc) is 2.65. The summed E-state index contributed by atoms with van der Waals surface area (Å²) in [4.78, 5) is 17.5. The summed E-state index contributed by atoms with van der Waals surface area (Å²) in [6.07, 6.45) is -2.05. The van der Waals surface area contributed by atoms with E-state index < -0.39 is 23.9 Å². The fourth-order valence-corrected chi connectivity index (χ4v) is 3.86. The molecule has 29 heavy (non-hydrogen) atoms. The minimum atomic E-state index is -4.40. The number of hydrogen-bond acceptors (Lipinski definition) is 4. The van der Waals surface area contributed by atoms with E-state index in [1.165, 1.54) is 18.3 Å². The van der Waals surface area contributed by atoms with Crippen LogP contribution in [0, 0.1) is 5.92 Å². The van der Waals surface area contributed by atoms with Gasteiger partial charge in [0.15, 0.2) is 0 Å². The average molecular weight is 412 g/mol. The van der Waals surface area contributed by atoms with Crippen LogP contribution in [-0.2, 0) is 10.9 Å². The Hall–Kier alpha value is -2.13. The van der Waals surface area contributed by atoms with E-state index in [1.807, 2.05) is 25.9 Å². The number of amides is 2. The highest BCUT2D eigenvalue weighted by Gasteiger charge is 2.41. The standard InChI is InChI=1S/C20H27F3N4O2/c1-12-15-6-5-14(11-25-19(28)24-8-9-27(2)3)29-18(15)16-10-13(20(21,22)23)4-7-17(16)26-12/h4,7-8,10,12,14-15,18,26H,5-6,9,11H2,1-3H3,(H,25,28). The van der Waals surface area contributed by atoms with Crippen LogP contribution >= 0.6 is 0 Å². The minimum Gasteiger partial charge on any atom is -0.382 e. The lowest BCUT2D eigenvalue weighted by atomic mass is 9.79. The monoisotopic (exact) mass is 412 g/mol. The maximum absolute atomic E-state index is 13.2. The number of fused-ring (bicyclic) bond motifs is 3. The Morgan fingerprint density at radius 2 is 2.14 bits per heavy atom. The molecule has 6 nitrogen and oxygen atoms in total. The van der Waals surface area contributed by atoms with Crippen LogP contribution in [0.25, 0.3) is 0 Å². The number of alkyl halides is 3. The first-order valence-electron chi connectivity index (χ1n) is 9.73. The van der Waals surface area contributed by atoms with Crippen molar-refractivity contribution in [2.75, 3.05) is 32.5 Å². The Balaban J connectivity index is 1.68. The van der Waals surface area contributed by atoms with Gasteiger partial charge in [-0.3, -0.25) is 0 Å². The SMILES string of the molecule is CC1Nc2ccc(C(F)(F)F)cc2C2OC(CNC(=O)N=CCN(C)C)CCC12. The number of carbonyl (C=O) groups excluding carboxylic acids is 1. The molecule has 0 aliphatic carbocycles. The molecule has 2 N–H and O–H groups in total. The third-order valence-electron chi connectivity index (χ3n) is 5.40. The van der Waals surface area contributed by atoms with E-state index in [-0.39, 0.29) is 24.6 Å². The quantitative estimate of drug-likeness (QED) is 0.741. The molecule has 1 aromatic carbocycles. The lowest BCUT2D eigenvalue weighted by Gasteiger charge is -2.44. The molecule has 1 saturated heterocycles.